The molecule has 1 atom stereocenters. The maximum atomic E-state index is 3.71. The summed E-state index contributed by atoms with van der Waals surface area (Å²) in [5.41, 5.74) is 4.45. The monoisotopic (exact) mass is 275 g/mol. The van der Waals surface area contributed by atoms with Crippen LogP contribution in [0.5, 0.6) is 0 Å². The van der Waals surface area contributed by atoms with Gasteiger partial charge in [0.15, 0.2) is 0 Å². The van der Waals surface area contributed by atoms with Gasteiger partial charge in [0.1, 0.15) is 0 Å². The minimum absolute atomic E-state index is 0.184. The summed E-state index contributed by atoms with van der Waals surface area (Å²) in [7, 11) is 0. The normalized spacial score (nSPS) is 13.8. The SMILES string of the molecule is CCC(CC)C(CNC(C)(C)C)c1cc(C)cc(C)c1. The second kappa shape index (κ2) is 7.26. The topological polar surface area (TPSA) is 12.0 Å². The first-order valence-corrected chi connectivity index (χ1v) is 8.10. The van der Waals surface area contributed by atoms with Crippen LogP contribution in [0.4, 0.5) is 0 Å². The summed E-state index contributed by atoms with van der Waals surface area (Å²) in [5, 5.41) is 3.71. The molecule has 0 saturated heterocycles. The van der Waals surface area contributed by atoms with E-state index in [1.54, 1.807) is 0 Å². The zero-order chi connectivity index (χ0) is 15.3. The first kappa shape index (κ1) is 17.2. The first-order chi connectivity index (χ1) is 9.26. The summed E-state index contributed by atoms with van der Waals surface area (Å²) in [6, 6.07) is 7.02. The van der Waals surface area contributed by atoms with E-state index in [4.69, 9.17) is 0 Å². The molecule has 1 unspecified atom stereocenters. The third-order valence-electron chi connectivity index (χ3n) is 4.14. The molecule has 0 heterocycles. The lowest BCUT2D eigenvalue weighted by atomic mass is 9.81. The van der Waals surface area contributed by atoms with Gasteiger partial charge in [0.05, 0.1) is 0 Å². The van der Waals surface area contributed by atoms with E-state index in [9.17, 15) is 0 Å². The van der Waals surface area contributed by atoms with E-state index in [0.717, 1.165) is 12.5 Å². The third-order valence-corrected chi connectivity index (χ3v) is 4.14. The number of hydrogen-bond donors (Lipinski definition) is 1. The fourth-order valence-electron chi connectivity index (χ4n) is 3.05. The fourth-order valence-corrected chi connectivity index (χ4v) is 3.05. The molecule has 1 heteroatoms. The van der Waals surface area contributed by atoms with Gasteiger partial charge in [-0.2, -0.15) is 0 Å². The van der Waals surface area contributed by atoms with Gasteiger partial charge < -0.3 is 5.32 Å². The van der Waals surface area contributed by atoms with Crippen molar-refractivity contribution in [1.29, 1.82) is 0 Å². The Morgan fingerprint density at radius 2 is 1.45 bits per heavy atom. The van der Waals surface area contributed by atoms with Gasteiger partial charge in [-0.15, -0.1) is 0 Å². The molecule has 0 aliphatic rings. The highest BCUT2D eigenvalue weighted by molar-refractivity contribution is 5.31. The smallest absolute Gasteiger partial charge is 0.00967 e. The molecule has 0 aromatic heterocycles. The van der Waals surface area contributed by atoms with Gasteiger partial charge in [-0.1, -0.05) is 56.0 Å². The van der Waals surface area contributed by atoms with Crippen LogP contribution in [0.25, 0.3) is 0 Å². The summed E-state index contributed by atoms with van der Waals surface area (Å²) in [6.45, 7) is 16.9. The molecule has 1 rings (SSSR count). The number of benzene rings is 1. The lowest BCUT2D eigenvalue weighted by Gasteiger charge is -2.31. The van der Waals surface area contributed by atoms with E-state index in [1.165, 1.54) is 29.5 Å². The molecule has 1 aromatic carbocycles. The first-order valence-electron chi connectivity index (χ1n) is 8.10. The average Bonchev–Trinajstić information content (AvgIpc) is 2.31. The molecule has 0 spiro atoms. The fraction of sp³-hybridized carbons (Fsp3) is 0.684. The van der Waals surface area contributed by atoms with Crippen LogP contribution >= 0.6 is 0 Å². The van der Waals surface area contributed by atoms with Crippen LogP contribution in [0.2, 0.25) is 0 Å². The molecule has 0 amide bonds. The van der Waals surface area contributed by atoms with Crippen molar-refractivity contribution in [1.82, 2.24) is 5.32 Å². The minimum Gasteiger partial charge on any atom is -0.311 e. The summed E-state index contributed by atoms with van der Waals surface area (Å²) in [5.74, 6) is 1.37. The number of nitrogens with one attached hydrogen (secondary N) is 1. The van der Waals surface area contributed by atoms with Gasteiger partial charge in [0, 0.05) is 12.1 Å². The van der Waals surface area contributed by atoms with E-state index >= 15 is 0 Å². The second-order valence-electron chi connectivity index (χ2n) is 7.24. The summed E-state index contributed by atoms with van der Waals surface area (Å²) in [6.07, 6.45) is 2.50. The Balaban J connectivity index is 3.02. The van der Waals surface area contributed by atoms with Gasteiger partial charge in [-0.25, -0.2) is 0 Å². The van der Waals surface area contributed by atoms with Crippen LogP contribution in [-0.2, 0) is 0 Å². The van der Waals surface area contributed by atoms with Gasteiger partial charge in [0.25, 0.3) is 0 Å². The predicted octanol–water partition coefficient (Wildman–Crippen LogP) is 5.21. The zero-order valence-corrected chi connectivity index (χ0v) is 14.5. The molecule has 0 fully saturated rings. The van der Waals surface area contributed by atoms with Crippen LogP contribution in [-0.4, -0.2) is 12.1 Å². The third kappa shape index (κ3) is 5.28. The van der Waals surface area contributed by atoms with Gasteiger partial charge in [0.2, 0.25) is 0 Å². The van der Waals surface area contributed by atoms with Crippen LogP contribution in [0.15, 0.2) is 18.2 Å². The maximum Gasteiger partial charge on any atom is 0.00967 e. The van der Waals surface area contributed by atoms with Crippen molar-refractivity contribution < 1.29 is 0 Å². The van der Waals surface area contributed by atoms with Crippen molar-refractivity contribution in [2.75, 3.05) is 6.54 Å². The molecule has 1 aromatic rings. The van der Waals surface area contributed by atoms with Crippen molar-refractivity contribution >= 4 is 0 Å². The maximum absolute atomic E-state index is 3.71. The summed E-state index contributed by atoms with van der Waals surface area (Å²) < 4.78 is 0. The molecule has 0 aliphatic heterocycles. The van der Waals surface area contributed by atoms with Crippen molar-refractivity contribution in [2.45, 2.75) is 72.8 Å². The molecule has 0 aliphatic carbocycles. The van der Waals surface area contributed by atoms with Crippen molar-refractivity contribution in [2.24, 2.45) is 5.92 Å². The van der Waals surface area contributed by atoms with E-state index in [0.29, 0.717) is 5.92 Å². The van der Waals surface area contributed by atoms with Crippen molar-refractivity contribution in [3.63, 3.8) is 0 Å². The van der Waals surface area contributed by atoms with E-state index < -0.39 is 0 Å². The molecule has 0 saturated carbocycles. The van der Waals surface area contributed by atoms with E-state index in [-0.39, 0.29) is 5.54 Å². The number of aryl methyl sites for hydroxylation is 2. The summed E-state index contributed by atoms with van der Waals surface area (Å²) in [4.78, 5) is 0. The van der Waals surface area contributed by atoms with Gasteiger partial charge in [-0.3, -0.25) is 0 Å². The summed E-state index contributed by atoms with van der Waals surface area (Å²) >= 11 is 0. The highest BCUT2D eigenvalue weighted by Gasteiger charge is 2.22. The molecule has 0 radical (unpaired) electrons. The van der Waals surface area contributed by atoms with Crippen LogP contribution in [0.3, 0.4) is 0 Å². The molecular formula is C19H33N. The van der Waals surface area contributed by atoms with Crippen molar-refractivity contribution in [3.05, 3.63) is 34.9 Å². The minimum atomic E-state index is 0.184. The number of rotatable bonds is 6. The highest BCUT2D eigenvalue weighted by atomic mass is 14.9. The van der Waals surface area contributed by atoms with Crippen LogP contribution in [0.1, 0.15) is 70.1 Å². The zero-order valence-electron chi connectivity index (χ0n) is 14.5. The Bertz CT molecular complexity index is 390. The van der Waals surface area contributed by atoms with Gasteiger partial charge in [-0.05, 0) is 52.0 Å². The lowest BCUT2D eigenvalue weighted by molar-refractivity contribution is 0.335. The standard InChI is InChI=1S/C19H33N/c1-8-16(9-2)18(13-20-19(5,6)7)17-11-14(3)10-15(4)12-17/h10-12,16,18,20H,8-9,13H2,1-7H3. The van der Waals surface area contributed by atoms with Crippen molar-refractivity contribution in [3.8, 4) is 0 Å². The Morgan fingerprint density at radius 1 is 0.950 bits per heavy atom. The highest BCUT2D eigenvalue weighted by Crippen LogP contribution is 2.31. The Labute approximate surface area is 126 Å². The quantitative estimate of drug-likeness (QED) is 0.751. The molecule has 0 bridgehead atoms. The largest absolute Gasteiger partial charge is 0.311 e. The van der Waals surface area contributed by atoms with E-state index in [2.05, 4.69) is 72.0 Å². The number of hydrogen-bond acceptors (Lipinski definition) is 1. The average molecular weight is 275 g/mol. The Hall–Kier alpha value is -0.820. The lowest BCUT2D eigenvalue weighted by Crippen LogP contribution is -2.40. The molecule has 20 heavy (non-hydrogen) atoms. The Morgan fingerprint density at radius 3 is 1.85 bits per heavy atom. The van der Waals surface area contributed by atoms with Crippen LogP contribution < -0.4 is 5.32 Å². The molecule has 1 nitrogen and oxygen atoms in total. The molecule has 114 valence electrons. The van der Waals surface area contributed by atoms with E-state index in [1.807, 2.05) is 0 Å². The van der Waals surface area contributed by atoms with Crippen LogP contribution in [0, 0.1) is 19.8 Å². The molecular weight excluding hydrogens is 242 g/mol. The Kier molecular flexibility index (Phi) is 6.26. The van der Waals surface area contributed by atoms with Gasteiger partial charge >= 0.3 is 0 Å². The second-order valence-corrected chi connectivity index (χ2v) is 7.24. The predicted molar refractivity (Wildman–Crippen MR) is 90.5 cm³/mol. The molecule has 1 N–H and O–H groups in total.